The van der Waals surface area contributed by atoms with Crippen LogP contribution in [0.2, 0.25) is 0 Å². The molecule has 0 saturated carbocycles. The van der Waals surface area contributed by atoms with Crippen LogP contribution in [0.4, 0.5) is 0 Å². The average molecular weight is 673 g/mol. The summed E-state index contributed by atoms with van der Waals surface area (Å²) in [4.78, 5) is 0. The predicted molar refractivity (Wildman–Crippen MR) is 175 cm³/mol. The monoisotopic (exact) mass is 672 g/mol. The molecule has 11 heteroatoms. The maximum absolute atomic E-state index is 10.9. The number of hydrogen-bond donors (Lipinski definition) is 3. The van der Waals surface area contributed by atoms with Crippen molar-refractivity contribution in [3.05, 3.63) is 11.6 Å². The van der Waals surface area contributed by atoms with Gasteiger partial charge in [0.2, 0.25) is 0 Å². The largest absolute Gasteiger partial charge is 0.396 e. The molecule has 0 bridgehead atoms. The summed E-state index contributed by atoms with van der Waals surface area (Å²) in [5.41, 5.74) is 0.970. The van der Waals surface area contributed by atoms with Gasteiger partial charge in [-0.3, -0.25) is 0 Å². The van der Waals surface area contributed by atoms with Gasteiger partial charge in [0.05, 0.1) is 48.8 Å². The molecule has 0 amide bonds. The Morgan fingerprint density at radius 1 is 0.957 bits per heavy atom. The van der Waals surface area contributed by atoms with Gasteiger partial charge in [0.25, 0.3) is 0 Å². The van der Waals surface area contributed by atoms with E-state index in [1.165, 1.54) is 0 Å². The molecule has 0 aromatic rings. The Balaban J connectivity index is 1.39. The SMILES string of the molecule is CC[C@H](C)[C@H]1O[C@]2(CC[C@@H]1C)C[C@@H](O)C[C@@H](C/C=C(\C)[C@@H](O[C@H]1C[C@H](OC)[C@@H](O[C@H]3C[C@H](OC)[C@@H](O)[C@H](C)O3)[C@H](C)O1)[C@@H](C)CO)O2. The molecule has 0 aliphatic carbocycles. The van der Waals surface area contributed by atoms with Gasteiger partial charge in [0.1, 0.15) is 12.2 Å². The van der Waals surface area contributed by atoms with Crippen molar-refractivity contribution in [3.8, 4) is 0 Å². The van der Waals surface area contributed by atoms with E-state index in [2.05, 4.69) is 26.8 Å². The van der Waals surface area contributed by atoms with Gasteiger partial charge in [-0.1, -0.05) is 40.2 Å². The lowest BCUT2D eigenvalue weighted by atomic mass is 9.81. The minimum atomic E-state index is -0.746. The van der Waals surface area contributed by atoms with E-state index in [0.29, 0.717) is 43.9 Å². The Labute approximate surface area is 282 Å². The van der Waals surface area contributed by atoms with Crippen LogP contribution in [0.5, 0.6) is 0 Å². The molecular formula is C36H64O11. The molecule has 4 aliphatic heterocycles. The highest BCUT2D eigenvalue weighted by molar-refractivity contribution is 5.08. The van der Waals surface area contributed by atoms with Gasteiger partial charge < -0.3 is 53.2 Å². The van der Waals surface area contributed by atoms with Gasteiger partial charge in [-0.25, -0.2) is 0 Å². The van der Waals surface area contributed by atoms with Gasteiger partial charge in [-0.05, 0) is 51.0 Å². The van der Waals surface area contributed by atoms with Gasteiger partial charge >= 0.3 is 0 Å². The van der Waals surface area contributed by atoms with Crippen molar-refractivity contribution in [3.63, 3.8) is 0 Å². The van der Waals surface area contributed by atoms with Gasteiger partial charge in [0, 0.05) is 58.8 Å². The van der Waals surface area contributed by atoms with Crippen LogP contribution < -0.4 is 0 Å². The van der Waals surface area contributed by atoms with Crippen LogP contribution in [0.1, 0.15) is 99.8 Å². The van der Waals surface area contributed by atoms with Crippen LogP contribution in [-0.2, 0) is 37.9 Å². The first-order valence-corrected chi connectivity index (χ1v) is 18.0. The summed E-state index contributed by atoms with van der Waals surface area (Å²) in [7, 11) is 3.22. The van der Waals surface area contributed by atoms with Crippen LogP contribution in [-0.4, -0.2) is 116 Å². The summed E-state index contributed by atoms with van der Waals surface area (Å²) in [6.07, 6.45) is 2.69. The molecule has 1 spiro atoms. The van der Waals surface area contributed by atoms with Crippen molar-refractivity contribution in [2.24, 2.45) is 17.8 Å². The lowest BCUT2D eigenvalue weighted by molar-refractivity contribution is -0.340. The molecule has 0 aromatic carbocycles. The third kappa shape index (κ3) is 9.76. The lowest BCUT2D eigenvalue weighted by Crippen LogP contribution is -2.55. The molecule has 4 fully saturated rings. The second-order valence-corrected chi connectivity index (χ2v) is 14.8. The van der Waals surface area contributed by atoms with Crippen molar-refractivity contribution in [1.82, 2.24) is 0 Å². The van der Waals surface area contributed by atoms with Crippen LogP contribution in [0.3, 0.4) is 0 Å². The van der Waals surface area contributed by atoms with E-state index in [1.54, 1.807) is 21.1 Å². The lowest BCUT2D eigenvalue weighted by Gasteiger charge is -2.50. The molecule has 274 valence electrons. The van der Waals surface area contributed by atoms with E-state index in [9.17, 15) is 15.3 Å². The highest BCUT2D eigenvalue weighted by Gasteiger charge is 2.48. The van der Waals surface area contributed by atoms with Crippen LogP contribution in [0.25, 0.3) is 0 Å². The molecule has 4 heterocycles. The van der Waals surface area contributed by atoms with E-state index in [-0.39, 0.29) is 43.0 Å². The molecule has 0 unspecified atom stereocenters. The second-order valence-electron chi connectivity index (χ2n) is 14.8. The average Bonchev–Trinajstić information content (AvgIpc) is 3.05. The number of ether oxygens (including phenoxy) is 8. The Morgan fingerprint density at radius 2 is 1.64 bits per heavy atom. The first-order chi connectivity index (χ1) is 22.3. The van der Waals surface area contributed by atoms with E-state index in [4.69, 9.17) is 37.9 Å². The number of methoxy groups -OCH3 is 2. The zero-order chi connectivity index (χ0) is 34.5. The van der Waals surface area contributed by atoms with E-state index >= 15 is 0 Å². The van der Waals surface area contributed by atoms with Crippen LogP contribution in [0, 0.1) is 17.8 Å². The highest BCUT2D eigenvalue weighted by atomic mass is 16.7. The van der Waals surface area contributed by atoms with Gasteiger partial charge in [0.15, 0.2) is 18.4 Å². The Hall–Kier alpha value is -0.700. The van der Waals surface area contributed by atoms with Crippen molar-refractivity contribution in [2.75, 3.05) is 20.8 Å². The summed E-state index contributed by atoms with van der Waals surface area (Å²) in [5.74, 6) is -0.0429. The second kappa shape index (κ2) is 17.5. The zero-order valence-corrected chi connectivity index (χ0v) is 30.2. The molecule has 4 aliphatic rings. The van der Waals surface area contributed by atoms with Crippen molar-refractivity contribution >= 4 is 0 Å². The number of aliphatic hydroxyl groups excluding tert-OH is 3. The number of hydrogen-bond acceptors (Lipinski definition) is 11. The highest BCUT2D eigenvalue weighted by Crippen LogP contribution is 2.44. The number of aliphatic hydroxyl groups is 3. The maximum Gasteiger partial charge on any atom is 0.171 e. The molecular weight excluding hydrogens is 608 g/mol. The van der Waals surface area contributed by atoms with E-state index < -0.39 is 48.9 Å². The van der Waals surface area contributed by atoms with E-state index in [0.717, 1.165) is 24.8 Å². The van der Waals surface area contributed by atoms with Gasteiger partial charge in [-0.15, -0.1) is 0 Å². The summed E-state index contributed by atoms with van der Waals surface area (Å²) >= 11 is 0. The molecule has 16 atom stereocenters. The first-order valence-electron chi connectivity index (χ1n) is 18.0. The Bertz CT molecular complexity index is 977. The topological polar surface area (TPSA) is 135 Å². The summed E-state index contributed by atoms with van der Waals surface area (Å²) in [6.45, 7) is 14.3. The molecule has 47 heavy (non-hydrogen) atoms. The Kier molecular flexibility index (Phi) is 14.5. The van der Waals surface area contributed by atoms with Crippen molar-refractivity contribution in [2.45, 2.75) is 179 Å². The number of rotatable bonds is 13. The smallest absolute Gasteiger partial charge is 0.171 e. The Morgan fingerprint density at radius 3 is 2.30 bits per heavy atom. The van der Waals surface area contributed by atoms with Crippen molar-refractivity contribution < 1.29 is 53.2 Å². The van der Waals surface area contributed by atoms with Crippen LogP contribution >= 0.6 is 0 Å². The summed E-state index contributed by atoms with van der Waals surface area (Å²) in [5, 5.41) is 31.4. The van der Waals surface area contributed by atoms with Crippen LogP contribution in [0.15, 0.2) is 11.6 Å². The quantitative estimate of drug-likeness (QED) is 0.239. The molecule has 11 nitrogen and oxygen atoms in total. The summed E-state index contributed by atoms with van der Waals surface area (Å²) < 4.78 is 49.8. The van der Waals surface area contributed by atoms with Gasteiger partial charge in [-0.2, -0.15) is 0 Å². The first kappa shape index (κ1) is 39.1. The molecule has 4 saturated heterocycles. The normalized spacial score (nSPS) is 43.9. The fraction of sp³-hybridized carbons (Fsp3) is 0.944. The van der Waals surface area contributed by atoms with Crippen molar-refractivity contribution in [1.29, 1.82) is 0 Å². The molecule has 4 rings (SSSR count). The maximum atomic E-state index is 10.9. The predicted octanol–water partition coefficient (Wildman–Crippen LogP) is 4.48. The molecule has 0 radical (unpaired) electrons. The minimum absolute atomic E-state index is 0.0495. The fourth-order valence-corrected chi connectivity index (χ4v) is 7.87. The summed E-state index contributed by atoms with van der Waals surface area (Å²) in [6, 6.07) is 0. The van der Waals surface area contributed by atoms with E-state index in [1.807, 2.05) is 20.8 Å². The fourth-order valence-electron chi connectivity index (χ4n) is 7.87. The third-order valence-electron chi connectivity index (χ3n) is 11.0. The standard InChI is InChI=1S/C36H64O11/c1-10-20(2)34-22(4)13-14-36(47-34)18-26(38)15-27(46-36)12-11-21(3)33(23(5)19-37)44-31-17-29(41-9)35(25(7)43-31)45-30-16-28(40-8)32(39)24(6)42-30/h11,20,22-35,37-39H,10,12-19H2,1-9H3/b21-11+/t20-,22-,23-,24-,25-,26-,27+,28-,29-,30-,31-,32-,33+,34+,35-,36+/m0/s1. The minimum Gasteiger partial charge on any atom is -0.396 e. The molecule has 3 N–H and O–H groups in total. The third-order valence-corrected chi connectivity index (χ3v) is 11.0. The molecule has 0 aromatic heterocycles. The zero-order valence-electron chi connectivity index (χ0n) is 30.2.